The third-order valence-corrected chi connectivity index (χ3v) is 4.84. The molecule has 0 saturated carbocycles. The van der Waals surface area contributed by atoms with Gasteiger partial charge in [0, 0.05) is 20.2 Å². The van der Waals surface area contributed by atoms with E-state index in [0.29, 0.717) is 31.8 Å². The summed E-state index contributed by atoms with van der Waals surface area (Å²) in [6.45, 7) is 3.15. The number of benzene rings is 1. The summed E-state index contributed by atoms with van der Waals surface area (Å²) in [6.07, 6.45) is -8.93. The second-order valence-corrected chi connectivity index (χ2v) is 7.20. The summed E-state index contributed by atoms with van der Waals surface area (Å²) < 4.78 is 81.4. The number of carbonyl (C=O) groups excluding carboxylic acids is 1. The van der Waals surface area contributed by atoms with Crippen molar-refractivity contribution in [3.8, 4) is 0 Å². The highest BCUT2D eigenvalue weighted by Crippen LogP contribution is 2.37. The highest BCUT2D eigenvalue weighted by atomic mass is 19.4. The van der Waals surface area contributed by atoms with Gasteiger partial charge in [-0.15, -0.1) is 0 Å². The molecule has 3 rings (SSSR count). The summed E-state index contributed by atoms with van der Waals surface area (Å²) in [5, 5.41) is 12.7. The van der Waals surface area contributed by atoms with E-state index in [1.54, 1.807) is 9.58 Å². The highest BCUT2D eigenvalue weighted by molar-refractivity contribution is 5.85. The fourth-order valence-corrected chi connectivity index (χ4v) is 3.03. The van der Waals surface area contributed by atoms with Gasteiger partial charge in [-0.05, 0) is 43.2 Å². The van der Waals surface area contributed by atoms with E-state index in [9.17, 15) is 35.9 Å². The summed E-state index contributed by atoms with van der Waals surface area (Å²) in [6, 6.07) is 2.92. The van der Waals surface area contributed by atoms with Gasteiger partial charge >= 0.3 is 18.3 Å². The van der Waals surface area contributed by atoms with E-state index in [0.717, 1.165) is 18.5 Å². The van der Waals surface area contributed by atoms with Gasteiger partial charge in [-0.1, -0.05) is 0 Å². The van der Waals surface area contributed by atoms with Gasteiger partial charge in [0.15, 0.2) is 5.69 Å². The Hall–Kier alpha value is -3.09. The number of carboxylic acid groups (broad SMARTS) is 1. The molecule has 0 spiro atoms. The predicted octanol–water partition coefficient (Wildman–Crippen LogP) is 4.38. The first-order valence-electron chi connectivity index (χ1n) is 9.57. The molecule has 2 aromatic rings. The van der Waals surface area contributed by atoms with E-state index in [1.165, 1.54) is 20.1 Å². The van der Waals surface area contributed by atoms with Crippen LogP contribution in [-0.4, -0.2) is 45.8 Å². The summed E-state index contributed by atoms with van der Waals surface area (Å²) in [7, 11) is 1.21. The minimum absolute atomic E-state index is 0.0396. The van der Waals surface area contributed by atoms with E-state index < -0.39 is 35.6 Å². The number of nitrogens with zero attached hydrogens (tertiary/aromatic N) is 3. The van der Waals surface area contributed by atoms with E-state index in [-0.39, 0.29) is 17.3 Å². The van der Waals surface area contributed by atoms with Crippen molar-refractivity contribution in [3.63, 3.8) is 0 Å². The number of ether oxygens (including phenoxy) is 1. The molecule has 1 aliphatic heterocycles. The van der Waals surface area contributed by atoms with Crippen molar-refractivity contribution in [2.75, 3.05) is 13.7 Å². The third-order valence-electron chi connectivity index (χ3n) is 4.84. The van der Waals surface area contributed by atoms with Gasteiger partial charge in [-0.3, -0.25) is 9.48 Å². The van der Waals surface area contributed by atoms with E-state index in [2.05, 4.69) is 5.10 Å². The Morgan fingerprint density at radius 1 is 1.09 bits per heavy atom. The Morgan fingerprint density at radius 2 is 1.67 bits per heavy atom. The molecule has 0 bridgehead atoms. The molecule has 1 aromatic carbocycles. The average molecular weight is 481 g/mol. The molecule has 0 aliphatic carbocycles. The van der Waals surface area contributed by atoms with Gasteiger partial charge in [0.1, 0.15) is 0 Å². The monoisotopic (exact) mass is 481 g/mol. The molecule has 7 nitrogen and oxygen atoms in total. The Labute approximate surface area is 184 Å². The van der Waals surface area contributed by atoms with Crippen LogP contribution in [0.15, 0.2) is 24.3 Å². The number of aryl methyl sites for hydroxylation is 1. The lowest BCUT2D eigenvalue weighted by Crippen LogP contribution is -2.20. The maximum Gasteiger partial charge on any atom is 0.416 e. The van der Waals surface area contributed by atoms with Crippen LogP contribution in [0.2, 0.25) is 0 Å². The maximum absolute atomic E-state index is 12.5. The molecule has 1 N–H and O–H groups in total. The van der Waals surface area contributed by atoms with Gasteiger partial charge < -0.3 is 14.7 Å². The van der Waals surface area contributed by atoms with E-state index >= 15 is 0 Å². The molecule has 2 heterocycles. The molecular weight excluding hydrogens is 460 g/mol. The second-order valence-electron chi connectivity index (χ2n) is 7.20. The molecule has 1 amide bonds. The predicted molar refractivity (Wildman–Crippen MR) is 102 cm³/mol. The average Bonchev–Trinajstić information content (AvgIpc) is 3.04. The number of alkyl halides is 6. The van der Waals surface area contributed by atoms with Gasteiger partial charge in [0.2, 0.25) is 6.41 Å². The molecule has 0 fully saturated rings. The molecule has 1 aromatic heterocycles. The summed E-state index contributed by atoms with van der Waals surface area (Å²) in [4.78, 5) is 23.0. The van der Waals surface area contributed by atoms with Gasteiger partial charge in [0.05, 0.1) is 29.5 Å². The lowest BCUT2D eigenvalue weighted by Gasteiger charge is -2.17. The fourth-order valence-electron chi connectivity index (χ4n) is 3.03. The lowest BCUT2D eigenvalue weighted by atomic mass is 10.0. The van der Waals surface area contributed by atoms with Crippen molar-refractivity contribution in [3.05, 3.63) is 52.3 Å². The van der Waals surface area contributed by atoms with E-state index in [4.69, 9.17) is 9.84 Å². The number of halogens is 6. The summed E-state index contributed by atoms with van der Waals surface area (Å²) in [5.41, 5.74) is -2.03. The third kappa shape index (κ3) is 6.94. The number of aromatic carboxylic acids is 1. The largest absolute Gasteiger partial charge is 0.476 e. The van der Waals surface area contributed by atoms with Crippen molar-refractivity contribution < 1.29 is 45.8 Å². The van der Waals surface area contributed by atoms with Crippen LogP contribution in [0.1, 0.15) is 52.3 Å². The van der Waals surface area contributed by atoms with Crippen molar-refractivity contribution in [1.82, 2.24) is 14.7 Å². The number of rotatable bonds is 4. The van der Waals surface area contributed by atoms with Crippen LogP contribution in [0.5, 0.6) is 0 Å². The van der Waals surface area contributed by atoms with Gasteiger partial charge in [0.25, 0.3) is 0 Å². The standard InChI is InChI=1S/C11H10F6O.C9H11N3O3/c1-6(18-2)7-3-8(10(12,13)14)5-9(4-7)11(15,16)17;13-6-11-2-1-3-12-7(5-11)4-8(10-12)9(14)15/h3-6H,1-2H3;4,6H,1-3,5H2,(H,14,15). The smallest absolute Gasteiger partial charge is 0.416 e. The van der Waals surface area contributed by atoms with Crippen LogP contribution in [0.4, 0.5) is 26.3 Å². The number of methoxy groups -OCH3 is 1. The van der Waals surface area contributed by atoms with Crippen LogP contribution in [0.3, 0.4) is 0 Å². The normalized spacial score (nSPS) is 15.1. The molecule has 182 valence electrons. The molecule has 1 atom stereocenters. The molecule has 33 heavy (non-hydrogen) atoms. The van der Waals surface area contributed by atoms with Crippen molar-refractivity contribution in [1.29, 1.82) is 0 Å². The first-order chi connectivity index (χ1) is 15.3. The maximum atomic E-state index is 12.5. The van der Waals surface area contributed by atoms with Gasteiger partial charge in [-0.2, -0.15) is 31.4 Å². The van der Waals surface area contributed by atoms with Crippen LogP contribution in [0.25, 0.3) is 0 Å². The van der Waals surface area contributed by atoms with Crippen LogP contribution in [0, 0.1) is 0 Å². The van der Waals surface area contributed by atoms with Gasteiger partial charge in [-0.25, -0.2) is 4.79 Å². The quantitative estimate of drug-likeness (QED) is 0.518. The van der Waals surface area contributed by atoms with Crippen LogP contribution < -0.4 is 0 Å². The minimum atomic E-state index is -4.83. The summed E-state index contributed by atoms with van der Waals surface area (Å²) >= 11 is 0. The Bertz CT molecular complexity index is 955. The Morgan fingerprint density at radius 3 is 2.12 bits per heavy atom. The fraction of sp³-hybridized carbons (Fsp3) is 0.450. The molecule has 0 radical (unpaired) electrons. The van der Waals surface area contributed by atoms with Crippen LogP contribution in [-0.2, 0) is 35.0 Å². The number of amides is 1. The number of carboxylic acids is 1. The molecule has 13 heteroatoms. The van der Waals surface area contributed by atoms with Crippen molar-refractivity contribution >= 4 is 12.4 Å². The van der Waals surface area contributed by atoms with Crippen LogP contribution >= 0.6 is 0 Å². The molecule has 1 aliphatic rings. The van der Waals surface area contributed by atoms with Crippen molar-refractivity contribution in [2.45, 2.75) is 44.9 Å². The first kappa shape index (κ1) is 26.2. The topological polar surface area (TPSA) is 84.7 Å². The number of hydrogen-bond acceptors (Lipinski definition) is 4. The van der Waals surface area contributed by atoms with E-state index in [1.807, 2.05) is 0 Å². The minimum Gasteiger partial charge on any atom is -0.476 e. The zero-order valence-electron chi connectivity index (χ0n) is 17.6. The summed E-state index contributed by atoms with van der Waals surface area (Å²) in [5.74, 6) is -1.03. The zero-order valence-corrected chi connectivity index (χ0v) is 17.6. The molecule has 0 saturated heterocycles. The zero-order chi connectivity index (χ0) is 25.0. The number of aromatic nitrogens is 2. The highest BCUT2D eigenvalue weighted by Gasteiger charge is 2.37. The SMILES string of the molecule is COC(C)c1cc(C(F)(F)F)cc(C(F)(F)F)c1.O=CN1CCCn2nc(C(=O)O)cc2C1. The number of carbonyl (C=O) groups is 2. The first-order valence-corrected chi connectivity index (χ1v) is 9.57. The Kier molecular flexibility index (Phi) is 8.11. The molecule has 1 unspecified atom stereocenters. The number of fused-ring (bicyclic) bond motifs is 1. The van der Waals surface area contributed by atoms with Crippen molar-refractivity contribution in [2.24, 2.45) is 0 Å². The Balaban J connectivity index is 0.000000237. The second kappa shape index (κ2) is 10.2. The molecular formula is C20H21F6N3O4. The lowest BCUT2D eigenvalue weighted by molar-refractivity contribution is -0.143. The number of hydrogen-bond donors (Lipinski definition) is 1.